The van der Waals surface area contributed by atoms with E-state index in [1.165, 1.54) is 6.42 Å². The van der Waals surface area contributed by atoms with Gasteiger partial charge in [-0.25, -0.2) is 0 Å². The molecule has 0 unspecified atom stereocenters. The molecule has 2 fully saturated rings. The summed E-state index contributed by atoms with van der Waals surface area (Å²) >= 11 is 0. The molecule has 0 atom stereocenters. The number of benzene rings is 1. The van der Waals surface area contributed by atoms with Crippen molar-refractivity contribution in [2.45, 2.75) is 37.6 Å². The summed E-state index contributed by atoms with van der Waals surface area (Å²) in [5.41, 5.74) is 6.09. The van der Waals surface area contributed by atoms with Gasteiger partial charge >= 0.3 is 0 Å². The van der Waals surface area contributed by atoms with Gasteiger partial charge in [-0.05, 0) is 50.9 Å². The number of para-hydroxylation sites is 1. The molecule has 0 bridgehead atoms. The molecule has 25 heavy (non-hydrogen) atoms. The van der Waals surface area contributed by atoms with Gasteiger partial charge in [0.05, 0.1) is 6.54 Å². The number of rotatable bonds is 5. The van der Waals surface area contributed by atoms with Crippen LogP contribution in [-0.2, 0) is 9.59 Å². The standard InChI is InChI=1S/C19H28N4O2/c20-18(25)19(23-11-5-2-6-12-23)9-13-22(14-10-19)15-17(24)21-16-7-3-1-4-8-16/h1,3-4,7-8H,2,5-6,9-15H2,(H2,20,25)(H,21,24). The molecule has 6 nitrogen and oxygen atoms in total. The van der Waals surface area contributed by atoms with Gasteiger partial charge in [-0.3, -0.25) is 19.4 Å². The number of nitrogens with two attached hydrogens (primary N) is 1. The van der Waals surface area contributed by atoms with Crippen LogP contribution in [0.4, 0.5) is 5.69 Å². The number of primary amides is 1. The largest absolute Gasteiger partial charge is 0.368 e. The molecular weight excluding hydrogens is 316 g/mol. The van der Waals surface area contributed by atoms with E-state index in [1.807, 2.05) is 30.3 Å². The lowest BCUT2D eigenvalue weighted by atomic mass is 9.83. The van der Waals surface area contributed by atoms with E-state index in [4.69, 9.17) is 5.73 Å². The summed E-state index contributed by atoms with van der Waals surface area (Å²) in [6.07, 6.45) is 4.93. The fourth-order valence-corrected chi connectivity index (χ4v) is 4.05. The molecule has 2 amide bonds. The zero-order chi connectivity index (χ0) is 17.7. The van der Waals surface area contributed by atoms with Crippen LogP contribution in [0.1, 0.15) is 32.1 Å². The van der Waals surface area contributed by atoms with Gasteiger partial charge in [0.2, 0.25) is 11.8 Å². The molecule has 0 saturated carbocycles. The highest BCUT2D eigenvalue weighted by molar-refractivity contribution is 5.92. The van der Waals surface area contributed by atoms with Crippen molar-refractivity contribution < 1.29 is 9.59 Å². The van der Waals surface area contributed by atoms with Crippen LogP contribution in [0.5, 0.6) is 0 Å². The SMILES string of the molecule is NC(=O)C1(N2CCCCC2)CCN(CC(=O)Nc2ccccc2)CC1. The molecule has 0 aromatic heterocycles. The smallest absolute Gasteiger partial charge is 0.238 e. The van der Waals surface area contributed by atoms with Crippen molar-refractivity contribution in [2.75, 3.05) is 38.0 Å². The predicted octanol–water partition coefficient (Wildman–Crippen LogP) is 1.43. The number of hydrogen-bond acceptors (Lipinski definition) is 4. The summed E-state index contributed by atoms with van der Waals surface area (Å²) in [6.45, 7) is 3.71. The van der Waals surface area contributed by atoms with Crippen molar-refractivity contribution in [3.63, 3.8) is 0 Å². The lowest BCUT2D eigenvalue weighted by Crippen LogP contribution is -2.63. The number of amides is 2. The summed E-state index contributed by atoms with van der Waals surface area (Å²) in [6, 6.07) is 9.47. The van der Waals surface area contributed by atoms with E-state index < -0.39 is 5.54 Å². The van der Waals surface area contributed by atoms with Crippen molar-refractivity contribution in [2.24, 2.45) is 5.73 Å². The van der Waals surface area contributed by atoms with Gasteiger partial charge in [0.1, 0.15) is 5.54 Å². The number of nitrogens with one attached hydrogen (secondary N) is 1. The molecule has 0 aliphatic carbocycles. The van der Waals surface area contributed by atoms with Crippen LogP contribution in [0.3, 0.4) is 0 Å². The first-order chi connectivity index (χ1) is 12.1. The number of anilines is 1. The number of hydrogen-bond donors (Lipinski definition) is 2. The van der Waals surface area contributed by atoms with Gasteiger partial charge in [-0.15, -0.1) is 0 Å². The molecule has 6 heteroatoms. The summed E-state index contributed by atoms with van der Waals surface area (Å²) in [7, 11) is 0. The molecule has 2 saturated heterocycles. The summed E-state index contributed by atoms with van der Waals surface area (Å²) in [5.74, 6) is -0.224. The fraction of sp³-hybridized carbons (Fsp3) is 0.579. The average Bonchev–Trinajstić information content (AvgIpc) is 2.64. The van der Waals surface area contributed by atoms with Gasteiger partial charge in [0.15, 0.2) is 0 Å². The summed E-state index contributed by atoms with van der Waals surface area (Å²) in [5, 5.41) is 2.91. The highest BCUT2D eigenvalue weighted by Crippen LogP contribution is 2.31. The van der Waals surface area contributed by atoms with Gasteiger partial charge in [0, 0.05) is 18.8 Å². The minimum Gasteiger partial charge on any atom is -0.368 e. The van der Waals surface area contributed by atoms with E-state index in [1.54, 1.807) is 0 Å². The Morgan fingerprint density at radius 1 is 1.00 bits per heavy atom. The lowest BCUT2D eigenvalue weighted by molar-refractivity contribution is -0.135. The minimum absolute atomic E-state index is 0.0178. The van der Waals surface area contributed by atoms with Gasteiger partial charge in [-0.1, -0.05) is 24.6 Å². The van der Waals surface area contributed by atoms with Crippen LogP contribution in [-0.4, -0.2) is 59.9 Å². The third-order valence-corrected chi connectivity index (χ3v) is 5.53. The molecule has 3 rings (SSSR count). The summed E-state index contributed by atoms with van der Waals surface area (Å²) in [4.78, 5) is 28.9. The molecule has 136 valence electrons. The lowest BCUT2D eigenvalue weighted by Gasteiger charge is -2.48. The third-order valence-electron chi connectivity index (χ3n) is 5.53. The van der Waals surface area contributed by atoms with E-state index in [2.05, 4.69) is 15.1 Å². The van der Waals surface area contributed by atoms with E-state index in [0.717, 1.165) is 44.7 Å². The van der Waals surface area contributed by atoms with Crippen molar-refractivity contribution in [1.29, 1.82) is 0 Å². The van der Waals surface area contributed by atoms with Crippen molar-refractivity contribution >= 4 is 17.5 Å². The van der Waals surface area contributed by atoms with E-state index in [9.17, 15) is 9.59 Å². The Kier molecular flexibility index (Phi) is 5.71. The van der Waals surface area contributed by atoms with Crippen LogP contribution in [0.25, 0.3) is 0 Å². The predicted molar refractivity (Wildman–Crippen MR) is 98.1 cm³/mol. The summed E-state index contributed by atoms with van der Waals surface area (Å²) < 4.78 is 0. The molecule has 1 aromatic carbocycles. The first-order valence-corrected chi connectivity index (χ1v) is 9.22. The maximum absolute atomic E-state index is 12.2. The number of likely N-dealkylation sites (tertiary alicyclic amines) is 2. The van der Waals surface area contributed by atoms with Crippen molar-refractivity contribution in [1.82, 2.24) is 9.80 Å². The van der Waals surface area contributed by atoms with Crippen LogP contribution >= 0.6 is 0 Å². The van der Waals surface area contributed by atoms with Crippen LogP contribution in [0.2, 0.25) is 0 Å². The maximum Gasteiger partial charge on any atom is 0.238 e. The molecule has 2 aliphatic heterocycles. The Labute approximate surface area is 149 Å². The molecule has 2 heterocycles. The fourth-order valence-electron chi connectivity index (χ4n) is 4.05. The second kappa shape index (κ2) is 7.97. The number of piperidine rings is 2. The Morgan fingerprint density at radius 2 is 1.64 bits per heavy atom. The first-order valence-electron chi connectivity index (χ1n) is 9.22. The molecule has 1 aromatic rings. The van der Waals surface area contributed by atoms with Crippen LogP contribution in [0.15, 0.2) is 30.3 Å². The van der Waals surface area contributed by atoms with Gasteiger partial charge in [-0.2, -0.15) is 0 Å². The van der Waals surface area contributed by atoms with E-state index >= 15 is 0 Å². The zero-order valence-electron chi connectivity index (χ0n) is 14.7. The van der Waals surface area contributed by atoms with E-state index in [-0.39, 0.29) is 11.8 Å². The molecular formula is C19H28N4O2. The Bertz CT molecular complexity index is 591. The van der Waals surface area contributed by atoms with Crippen molar-refractivity contribution in [3.05, 3.63) is 30.3 Å². The molecule has 2 aliphatic rings. The molecule has 0 spiro atoms. The maximum atomic E-state index is 12.2. The second-order valence-corrected chi connectivity index (χ2v) is 7.13. The monoisotopic (exact) mass is 344 g/mol. The van der Waals surface area contributed by atoms with Crippen LogP contribution in [0, 0.1) is 0 Å². The Balaban J connectivity index is 1.54. The normalized spacial score (nSPS) is 21.6. The van der Waals surface area contributed by atoms with Crippen molar-refractivity contribution in [3.8, 4) is 0 Å². The second-order valence-electron chi connectivity index (χ2n) is 7.13. The zero-order valence-corrected chi connectivity index (χ0v) is 14.7. The molecule has 3 N–H and O–H groups in total. The number of carbonyl (C=O) groups is 2. The number of carbonyl (C=O) groups excluding carboxylic acids is 2. The highest BCUT2D eigenvalue weighted by Gasteiger charge is 2.45. The van der Waals surface area contributed by atoms with E-state index in [0.29, 0.717) is 19.4 Å². The Morgan fingerprint density at radius 3 is 2.24 bits per heavy atom. The third kappa shape index (κ3) is 4.19. The number of nitrogens with zero attached hydrogens (tertiary/aromatic N) is 2. The first kappa shape index (κ1) is 17.9. The molecule has 0 radical (unpaired) electrons. The quantitative estimate of drug-likeness (QED) is 0.847. The van der Waals surface area contributed by atoms with Gasteiger partial charge in [0.25, 0.3) is 0 Å². The highest BCUT2D eigenvalue weighted by atomic mass is 16.2. The topological polar surface area (TPSA) is 78.7 Å². The minimum atomic E-state index is -0.521. The average molecular weight is 344 g/mol. The van der Waals surface area contributed by atoms with Gasteiger partial charge < -0.3 is 11.1 Å². The van der Waals surface area contributed by atoms with Crippen LogP contribution < -0.4 is 11.1 Å². The Hall–Kier alpha value is -1.92.